The van der Waals surface area contributed by atoms with Crippen molar-refractivity contribution in [3.8, 4) is 0 Å². The Morgan fingerprint density at radius 1 is 0.621 bits per heavy atom. The summed E-state index contributed by atoms with van der Waals surface area (Å²) < 4.78 is 0. The summed E-state index contributed by atoms with van der Waals surface area (Å²) in [6, 6.07) is 27.0. The van der Waals surface area contributed by atoms with E-state index in [1.54, 1.807) is 0 Å². The molecule has 0 amide bonds. The molecular weight excluding hydrogens is 352 g/mol. The van der Waals surface area contributed by atoms with Crippen LogP contribution in [0.3, 0.4) is 0 Å². The Morgan fingerprint density at radius 3 is 1.76 bits per heavy atom. The van der Waals surface area contributed by atoms with Crippen molar-refractivity contribution < 1.29 is 4.79 Å². The molecule has 0 bridgehead atoms. The van der Waals surface area contributed by atoms with Crippen LogP contribution < -0.4 is 0 Å². The van der Waals surface area contributed by atoms with Crippen LogP contribution in [-0.4, -0.2) is 5.78 Å². The summed E-state index contributed by atoms with van der Waals surface area (Å²) in [7, 11) is 0. The number of aryl methyl sites for hydroxylation is 4. The molecule has 4 aromatic carbocycles. The van der Waals surface area contributed by atoms with Crippen LogP contribution in [0.4, 0.5) is 0 Å². The van der Waals surface area contributed by atoms with Gasteiger partial charge in [0.15, 0.2) is 5.78 Å². The van der Waals surface area contributed by atoms with Crippen LogP contribution in [0.15, 0.2) is 78.9 Å². The maximum absolute atomic E-state index is 13.9. The molecule has 0 aliphatic rings. The van der Waals surface area contributed by atoms with Crippen molar-refractivity contribution in [3.63, 3.8) is 0 Å². The predicted molar refractivity (Wildman–Crippen MR) is 122 cm³/mol. The first-order valence-electron chi connectivity index (χ1n) is 10.1. The van der Waals surface area contributed by atoms with Gasteiger partial charge in [-0.3, -0.25) is 4.79 Å². The molecule has 0 aliphatic carbocycles. The predicted octanol–water partition coefficient (Wildman–Crippen LogP) is 7.09. The molecule has 0 radical (unpaired) electrons. The summed E-state index contributed by atoms with van der Waals surface area (Å²) in [5.41, 5.74) is 7.59. The van der Waals surface area contributed by atoms with Gasteiger partial charge in [-0.15, -0.1) is 0 Å². The fourth-order valence-corrected chi connectivity index (χ4v) is 4.10. The molecule has 1 heteroatoms. The number of carbonyl (C=O) groups is 1. The molecular formula is C28H26O. The monoisotopic (exact) mass is 378 g/mol. The number of carbonyl (C=O) groups excluding carboxylic acids is 1. The van der Waals surface area contributed by atoms with E-state index in [0.717, 1.165) is 38.6 Å². The Balaban J connectivity index is 1.92. The average molecular weight is 379 g/mol. The van der Waals surface area contributed by atoms with Crippen LogP contribution in [0.5, 0.6) is 0 Å². The highest BCUT2D eigenvalue weighted by molar-refractivity contribution is 6.05. The normalized spacial score (nSPS) is 11.2. The largest absolute Gasteiger partial charge is 0.293 e. The average Bonchev–Trinajstić information content (AvgIpc) is 2.72. The van der Waals surface area contributed by atoms with Gasteiger partial charge in [0, 0.05) is 5.56 Å². The number of benzene rings is 4. The highest BCUT2D eigenvalue weighted by Crippen LogP contribution is 2.34. The molecule has 0 heterocycles. The van der Waals surface area contributed by atoms with Crippen LogP contribution >= 0.6 is 0 Å². The van der Waals surface area contributed by atoms with Gasteiger partial charge in [-0.25, -0.2) is 0 Å². The van der Waals surface area contributed by atoms with Gasteiger partial charge >= 0.3 is 0 Å². The standard InChI is InChI=1S/C28H26O/c1-18-9-11-20(3)25(15-18)27(26-16-19(2)10-12-21(26)4)28(29)24-14-13-22-7-5-6-8-23(22)17-24/h5-17,27H,1-4H3. The summed E-state index contributed by atoms with van der Waals surface area (Å²) in [5, 5.41) is 2.25. The summed E-state index contributed by atoms with van der Waals surface area (Å²) >= 11 is 0. The quantitative estimate of drug-likeness (QED) is 0.346. The molecule has 29 heavy (non-hydrogen) atoms. The van der Waals surface area contributed by atoms with Crippen LogP contribution in [0.1, 0.15) is 49.7 Å². The Morgan fingerprint density at radius 2 is 1.17 bits per heavy atom. The van der Waals surface area contributed by atoms with Gasteiger partial charge in [0.25, 0.3) is 0 Å². The van der Waals surface area contributed by atoms with Gasteiger partial charge in [-0.2, -0.15) is 0 Å². The second-order valence-electron chi connectivity index (χ2n) is 8.08. The van der Waals surface area contributed by atoms with Crippen LogP contribution in [0.2, 0.25) is 0 Å². The third-order valence-electron chi connectivity index (χ3n) is 5.79. The lowest BCUT2D eigenvalue weighted by Crippen LogP contribution is -2.17. The first kappa shape index (κ1) is 19.1. The van der Waals surface area contributed by atoms with Gasteiger partial charge in [0.05, 0.1) is 5.92 Å². The van der Waals surface area contributed by atoms with E-state index in [1.165, 1.54) is 11.1 Å². The summed E-state index contributed by atoms with van der Waals surface area (Å²) in [6.07, 6.45) is 0. The van der Waals surface area contributed by atoms with Gasteiger partial charge in [-0.05, 0) is 66.8 Å². The number of rotatable bonds is 4. The van der Waals surface area contributed by atoms with Crippen LogP contribution in [0.25, 0.3) is 10.8 Å². The third kappa shape index (κ3) is 3.73. The maximum atomic E-state index is 13.9. The number of hydrogen-bond donors (Lipinski definition) is 0. The number of ketones is 1. The zero-order valence-electron chi connectivity index (χ0n) is 17.5. The van der Waals surface area contributed by atoms with E-state index < -0.39 is 0 Å². The van der Waals surface area contributed by atoms with E-state index in [0.29, 0.717) is 0 Å². The first-order chi connectivity index (χ1) is 13.9. The lowest BCUT2D eigenvalue weighted by molar-refractivity contribution is 0.0973. The van der Waals surface area contributed by atoms with Crippen molar-refractivity contribution in [2.45, 2.75) is 33.6 Å². The molecule has 0 unspecified atom stereocenters. The van der Waals surface area contributed by atoms with Crippen molar-refractivity contribution >= 4 is 16.6 Å². The Bertz CT molecular complexity index is 1160. The molecule has 0 aliphatic heterocycles. The van der Waals surface area contributed by atoms with E-state index in [1.807, 2.05) is 30.3 Å². The van der Waals surface area contributed by atoms with E-state index in [9.17, 15) is 4.79 Å². The highest BCUT2D eigenvalue weighted by atomic mass is 16.1. The number of hydrogen-bond acceptors (Lipinski definition) is 1. The van der Waals surface area contributed by atoms with Gasteiger partial charge < -0.3 is 0 Å². The van der Waals surface area contributed by atoms with Crippen LogP contribution in [-0.2, 0) is 0 Å². The zero-order valence-corrected chi connectivity index (χ0v) is 17.5. The summed E-state index contributed by atoms with van der Waals surface area (Å²) in [5.74, 6) is -0.158. The molecule has 4 rings (SSSR count). The van der Waals surface area contributed by atoms with Gasteiger partial charge in [0.2, 0.25) is 0 Å². The molecule has 144 valence electrons. The number of Topliss-reactive ketones (excluding diaryl/α,β-unsaturated/α-hetero) is 1. The molecule has 0 atom stereocenters. The minimum Gasteiger partial charge on any atom is -0.293 e. The fourth-order valence-electron chi connectivity index (χ4n) is 4.10. The van der Waals surface area contributed by atoms with E-state index in [4.69, 9.17) is 0 Å². The second kappa shape index (κ2) is 7.67. The lowest BCUT2D eigenvalue weighted by atomic mass is 9.80. The van der Waals surface area contributed by atoms with Crippen LogP contribution in [0, 0.1) is 27.7 Å². The first-order valence-corrected chi connectivity index (χ1v) is 10.1. The Labute approximate surface area is 173 Å². The molecule has 0 aromatic heterocycles. The minimum atomic E-state index is -0.309. The Hall–Kier alpha value is -3.19. The van der Waals surface area contributed by atoms with E-state index in [-0.39, 0.29) is 11.7 Å². The van der Waals surface area contributed by atoms with Gasteiger partial charge in [-0.1, -0.05) is 83.9 Å². The molecule has 0 saturated heterocycles. The lowest BCUT2D eigenvalue weighted by Gasteiger charge is -2.22. The van der Waals surface area contributed by atoms with Crippen molar-refractivity contribution in [1.82, 2.24) is 0 Å². The molecule has 0 spiro atoms. The van der Waals surface area contributed by atoms with E-state index >= 15 is 0 Å². The van der Waals surface area contributed by atoms with Crippen molar-refractivity contribution in [2.24, 2.45) is 0 Å². The molecule has 0 fully saturated rings. The molecule has 0 N–H and O–H groups in total. The summed E-state index contributed by atoms with van der Waals surface area (Å²) in [4.78, 5) is 13.9. The highest BCUT2D eigenvalue weighted by Gasteiger charge is 2.27. The van der Waals surface area contributed by atoms with Gasteiger partial charge in [0.1, 0.15) is 0 Å². The molecule has 0 saturated carbocycles. The van der Waals surface area contributed by atoms with Crippen molar-refractivity contribution in [2.75, 3.05) is 0 Å². The molecule has 1 nitrogen and oxygen atoms in total. The molecule has 4 aromatic rings. The van der Waals surface area contributed by atoms with Crippen molar-refractivity contribution in [1.29, 1.82) is 0 Å². The zero-order chi connectivity index (χ0) is 20.5. The second-order valence-corrected chi connectivity index (χ2v) is 8.08. The van der Waals surface area contributed by atoms with E-state index in [2.05, 4.69) is 76.2 Å². The topological polar surface area (TPSA) is 17.1 Å². The SMILES string of the molecule is Cc1ccc(C)c(C(C(=O)c2ccc3ccccc3c2)c2cc(C)ccc2C)c1. The summed E-state index contributed by atoms with van der Waals surface area (Å²) in [6.45, 7) is 8.37. The fraction of sp³-hybridized carbons (Fsp3) is 0.179. The maximum Gasteiger partial charge on any atom is 0.174 e. The third-order valence-corrected chi connectivity index (χ3v) is 5.79. The smallest absolute Gasteiger partial charge is 0.174 e. The Kier molecular flexibility index (Phi) is 5.07. The van der Waals surface area contributed by atoms with Crippen molar-refractivity contribution in [3.05, 3.63) is 118 Å². The minimum absolute atomic E-state index is 0.151. The number of fused-ring (bicyclic) bond motifs is 1.